The molecule has 0 aromatic heterocycles. The summed E-state index contributed by atoms with van der Waals surface area (Å²) in [7, 11) is 0. The van der Waals surface area contributed by atoms with E-state index < -0.39 is 0 Å². The third-order valence-corrected chi connectivity index (χ3v) is 4.60. The minimum atomic E-state index is 0.745. The second-order valence-electron chi connectivity index (χ2n) is 5.66. The molecule has 0 unspecified atom stereocenters. The van der Waals surface area contributed by atoms with Gasteiger partial charge >= 0.3 is 0 Å². The van der Waals surface area contributed by atoms with Gasteiger partial charge in [-0.25, -0.2) is 0 Å². The Morgan fingerprint density at radius 2 is 1.72 bits per heavy atom. The van der Waals surface area contributed by atoms with Gasteiger partial charge in [0.1, 0.15) is 6.29 Å². The van der Waals surface area contributed by atoms with Crippen molar-refractivity contribution in [2.24, 2.45) is 5.92 Å². The largest absolute Gasteiger partial charge is 0.368 e. The molecule has 18 heavy (non-hydrogen) atoms. The van der Waals surface area contributed by atoms with E-state index in [1.54, 1.807) is 0 Å². The highest BCUT2D eigenvalue weighted by Crippen LogP contribution is 2.37. The maximum atomic E-state index is 10.7. The fourth-order valence-electron chi connectivity index (χ4n) is 3.69. The lowest BCUT2D eigenvalue weighted by atomic mass is 9.78. The fourth-order valence-corrected chi connectivity index (χ4v) is 3.69. The van der Waals surface area contributed by atoms with Crippen LogP contribution >= 0.6 is 0 Å². The van der Waals surface area contributed by atoms with Crippen LogP contribution in [0.2, 0.25) is 0 Å². The zero-order valence-corrected chi connectivity index (χ0v) is 10.8. The number of carbonyl (C=O) groups excluding carboxylic acids is 1. The van der Waals surface area contributed by atoms with Crippen LogP contribution in [0, 0.1) is 5.92 Å². The first-order valence-electron chi connectivity index (χ1n) is 7.20. The maximum Gasteiger partial charge on any atom is 0.150 e. The molecule has 1 aliphatic heterocycles. The van der Waals surface area contributed by atoms with Crippen molar-refractivity contribution in [2.45, 2.75) is 44.6 Å². The molecule has 2 atom stereocenters. The Labute approximate surface area is 109 Å². The van der Waals surface area contributed by atoms with E-state index in [4.69, 9.17) is 0 Å². The summed E-state index contributed by atoms with van der Waals surface area (Å²) in [6.07, 6.45) is 9.20. The van der Waals surface area contributed by atoms with Gasteiger partial charge in [-0.2, -0.15) is 0 Å². The summed E-state index contributed by atoms with van der Waals surface area (Å²) in [4.78, 5) is 13.3. The van der Waals surface area contributed by atoms with Crippen molar-refractivity contribution in [1.82, 2.24) is 0 Å². The predicted octanol–water partition coefficient (Wildman–Crippen LogP) is 3.66. The van der Waals surface area contributed by atoms with Gasteiger partial charge in [-0.05, 0) is 55.9 Å². The van der Waals surface area contributed by atoms with Gasteiger partial charge in [-0.15, -0.1) is 0 Å². The molecule has 1 aromatic rings. The first-order valence-corrected chi connectivity index (χ1v) is 7.20. The highest BCUT2D eigenvalue weighted by molar-refractivity contribution is 5.75. The number of hydrogen-bond donors (Lipinski definition) is 0. The molecular weight excluding hydrogens is 222 g/mol. The van der Waals surface area contributed by atoms with Crippen LogP contribution in [-0.4, -0.2) is 18.9 Å². The molecule has 1 aromatic carbocycles. The van der Waals surface area contributed by atoms with Crippen LogP contribution in [-0.2, 0) is 0 Å². The summed E-state index contributed by atoms with van der Waals surface area (Å²) in [6.45, 7) is 1.18. The Bertz CT molecular complexity index is 410. The number of carbonyl (C=O) groups is 1. The second kappa shape index (κ2) is 5.13. The van der Waals surface area contributed by atoms with Gasteiger partial charge in [0.2, 0.25) is 0 Å². The average Bonchev–Trinajstić information content (AvgIpc) is 2.47. The molecule has 0 radical (unpaired) electrons. The highest BCUT2D eigenvalue weighted by atomic mass is 16.1. The molecule has 1 aliphatic carbocycles. The maximum absolute atomic E-state index is 10.7. The topological polar surface area (TPSA) is 20.3 Å². The number of fused-ring (bicyclic) bond motifs is 1. The van der Waals surface area contributed by atoms with E-state index >= 15 is 0 Å². The Morgan fingerprint density at radius 1 is 1.00 bits per heavy atom. The summed E-state index contributed by atoms with van der Waals surface area (Å²) in [5.41, 5.74) is 2.08. The molecule has 0 amide bonds. The molecule has 3 rings (SSSR count). The van der Waals surface area contributed by atoms with Crippen LogP contribution in [0.5, 0.6) is 0 Å². The third kappa shape index (κ3) is 2.16. The summed E-state index contributed by atoms with van der Waals surface area (Å²) < 4.78 is 0. The molecule has 2 heteroatoms. The normalized spacial score (nSPS) is 27.7. The summed E-state index contributed by atoms with van der Waals surface area (Å²) in [5, 5.41) is 0. The minimum Gasteiger partial charge on any atom is -0.368 e. The van der Waals surface area contributed by atoms with E-state index in [-0.39, 0.29) is 0 Å². The van der Waals surface area contributed by atoms with Gasteiger partial charge in [0.15, 0.2) is 0 Å². The van der Waals surface area contributed by atoms with E-state index in [2.05, 4.69) is 17.0 Å². The van der Waals surface area contributed by atoms with Crippen LogP contribution in [0.4, 0.5) is 5.69 Å². The number of nitrogens with zero attached hydrogens (tertiary/aromatic N) is 1. The van der Waals surface area contributed by atoms with Gasteiger partial charge in [0.25, 0.3) is 0 Å². The zero-order valence-electron chi connectivity index (χ0n) is 10.8. The number of anilines is 1. The molecule has 0 bridgehead atoms. The molecule has 0 spiro atoms. The van der Waals surface area contributed by atoms with Crippen LogP contribution in [0.3, 0.4) is 0 Å². The van der Waals surface area contributed by atoms with E-state index in [0.29, 0.717) is 0 Å². The molecule has 1 heterocycles. The van der Waals surface area contributed by atoms with E-state index in [9.17, 15) is 4.79 Å². The van der Waals surface area contributed by atoms with E-state index in [1.807, 2.05) is 12.1 Å². The van der Waals surface area contributed by atoms with Crippen molar-refractivity contribution in [3.63, 3.8) is 0 Å². The van der Waals surface area contributed by atoms with Crippen molar-refractivity contribution < 1.29 is 4.79 Å². The number of benzene rings is 1. The Kier molecular flexibility index (Phi) is 3.35. The third-order valence-electron chi connectivity index (χ3n) is 4.60. The van der Waals surface area contributed by atoms with Gasteiger partial charge < -0.3 is 4.90 Å². The Morgan fingerprint density at radius 3 is 2.50 bits per heavy atom. The van der Waals surface area contributed by atoms with E-state index in [0.717, 1.165) is 23.8 Å². The van der Waals surface area contributed by atoms with Crippen molar-refractivity contribution >= 4 is 12.0 Å². The number of aldehydes is 1. The van der Waals surface area contributed by atoms with Crippen LogP contribution in [0.15, 0.2) is 24.3 Å². The van der Waals surface area contributed by atoms with Crippen molar-refractivity contribution in [3.05, 3.63) is 29.8 Å². The minimum absolute atomic E-state index is 0.745. The molecular formula is C16H21NO. The number of hydrogen-bond acceptors (Lipinski definition) is 2. The van der Waals surface area contributed by atoms with Crippen molar-refractivity contribution in [3.8, 4) is 0 Å². The lowest BCUT2D eigenvalue weighted by Crippen LogP contribution is -2.46. The first-order chi connectivity index (χ1) is 8.88. The van der Waals surface area contributed by atoms with Gasteiger partial charge in [-0.3, -0.25) is 4.79 Å². The lowest BCUT2D eigenvalue weighted by Gasteiger charge is -2.45. The van der Waals surface area contributed by atoms with Crippen molar-refractivity contribution in [1.29, 1.82) is 0 Å². The summed E-state index contributed by atoms with van der Waals surface area (Å²) in [6, 6.07) is 8.85. The van der Waals surface area contributed by atoms with E-state index in [1.165, 1.54) is 50.8 Å². The van der Waals surface area contributed by atoms with Gasteiger partial charge in [-0.1, -0.05) is 12.8 Å². The fraction of sp³-hybridized carbons (Fsp3) is 0.562. The van der Waals surface area contributed by atoms with Crippen LogP contribution in [0.25, 0.3) is 0 Å². The van der Waals surface area contributed by atoms with Crippen molar-refractivity contribution in [2.75, 3.05) is 11.4 Å². The molecule has 2 nitrogen and oxygen atoms in total. The predicted molar refractivity (Wildman–Crippen MR) is 74.2 cm³/mol. The smallest absolute Gasteiger partial charge is 0.150 e. The standard InChI is InChI=1S/C16H21NO/c18-12-13-7-9-15(10-8-13)17-11-3-5-14-4-1-2-6-16(14)17/h7-10,12,14,16H,1-6,11H2/t14-,16-/m1/s1. The summed E-state index contributed by atoms with van der Waals surface area (Å²) in [5.74, 6) is 0.901. The average molecular weight is 243 g/mol. The zero-order chi connectivity index (χ0) is 12.4. The molecule has 2 fully saturated rings. The van der Waals surface area contributed by atoms with Crippen LogP contribution < -0.4 is 4.90 Å². The second-order valence-corrected chi connectivity index (χ2v) is 5.66. The molecule has 0 N–H and O–H groups in total. The van der Waals surface area contributed by atoms with Gasteiger partial charge in [0.05, 0.1) is 0 Å². The van der Waals surface area contributed by atoms with Gasteiger partial charge in [0, 0.05) is 23.8 Å². The van der Waals surface area contributed by atoms with Crippen LogP contribution in [0.1, 0.15) is 48.9 Å². The Balaban J connectivity index is 1.82. The number of rotatable bonds is 2. The molecule has 2 aliphatic rings. The first kappa shape index (κ1) is 11.8. The lowest BCUT2D eigenvalue weighted by molar-refractivity contribution is 0.112. The molecule has 96 valence electrons. The SMILES string of the molecule is O=Cc1ccc(N2CCC[C@H]3CCCC[C@H]32)cc1. The molecule has 1 saturated carbocycles. The number of piperidine rings is 1. The molecule has 1 saturated heterocycles. The summed E-state index contributed by atoms with van der Waals surface area (Å²) >= 11 is 0. The monoisotopic (exact) mass is 243 g/mol. The highest BCUT2D eigenvalue weighted by Gasteiger charge is 2.33. The Hall–Kier alpha value is -1.31. The quantitative estimate of drug-likeness (QED) is 0.739.